The van der Waals surface area contributed by atoms with Crippen LogP contribution in [-0.4, -0.2) is 14.5 Å². The van der Waals surface area contributed by atoms with Gasteiger partial charge in [0.2, 0.25) is 0 Å². The first-order valence-corrected chi connectivity index (χ1v) is 6.40. The van der Waals surface area contributed by atoms with Gasteiger partial charge in [-0.3, -0.25) is 4.98 Å². The van der Waals surface area contributed by atoms with Crippen LogP contribution in [-0.2, 0) is 6.54 Å². The normalized spacial score (nSPS) is 11.1. The summed E-state index contributed by atoms with van der Waals surface area (Å²) in [5, 5.41) is 0.0879. The number of nitrogens with zero attached hydrogens (tertiary/aromatic N) is 2. The number of pyridine rings is 1. The van der Waals surface area contributed by atoms with E-state index in [1.807, 2.05) is 16.7 Å². The monoisotopic (exact) mass is 293 g/mol. The number of H-pyrrole nitrogens is 1. The smallest absolute Gasteiger partial charge is 0.178 e. The lowest BCUT2D eigenvalue weighted by atomic mass is 10.2. The summed E-state index contributed by atoms with van der Waals surface area (Å²) in [7, 11) is 0. The minimum Gasteiger partial charge on any atom is -0.330 e. The maximum Gasteiger partial charge on any atom is 0.178 e. The summed E-state index contributed by atoms with van der Waals surface area (Å²) in [5.74, 6) is -0.457. The number of hydrogen-bond acceptors (Lipinski definition) is 2. The number of benzene rings is 1. The van der Waals surface area contributed by atoms with Crippen molar-refractivity contribution in [1.29, 1.82) is 0 Å². The number of nitrogens with one attached hydrogen (secondary N) is 1. The Labute approximate surface area is 118 Å². The average Bonchev–Trinajstić information content (AvgIpc) is 2.68. The van der Waals surface area contributed by atoms with Gasteiger partial charge in [0.1, 0.15) is 5.82 Å². The van der Waals surface area contributed by atoms with E-state index in [4.69, 9.17) is 23.8 Å². The van der Waals surface area contributed by atoms with Crippen LogP contribution in [0.3, 0.4) is 0 Å². The van der Waals surface area contributed by atoms with Crippen LogP contribution in [0.25, 0.3) is 11.0 Å². The Morgan fingerprint density at radius 1 is 1.32 bits per heavy atom. The Hall–Kier alpha value is -1.72. The van der Waals surface area contributed by atoms with Crippen molar-refractivity contribution in [1.82, 2.24) is 14.5 Å². The standard InChI is InChI=1S/C13H9ClFN3S/c14-9-5-12-11(6-10(9)15)17-13(19)18(12)7-8-1-3-16-4-2-8/h1-6H,7H2,(H,17,19). The van der Waals surface area contributed by atoms with E-state index in [9.17, 15) is 4.39 Å². The molecule has 6 heteroatoms. The first kappa shape index (κ1) is 12.3. The molecule has 0 amide bonds. The molecular weight excluding hydrogens is 285 g/mol. The average molecular weight is 294 g/mol. The second-order valence-electron chi connectivity index (χ2n) is 4.16. The molecule has 2 aromatic heterocycles. The Morgan fingerprint density at radius 3 is 2.79 bits per heavy atom. The lowest BCUT2D eigenvalue weighted by Gasteiger charge is -2.05. The molecule has 0 aliphatic rings. The Bertz CT molecular complexity index is 795. The van der Waals surface area contributed by atoms with Crippen molar-refractivity contribution < 1.29 is 4.39 Å². The zero-order valence-electron chi connectivity index (χ0n) is 9.73. The summed E-state index contributed by atoms with van der Waals surface area (Å²) in [6, 6.07) is 6.76. The molecule has 0 saturated carbocycles. The third-order valence-electron chi connectivity index (χ3n) is 2.91. The van der Waals surface area contributed by atoms with Crippen LogP contribution in [0.2, 0.25) is 5.02 Å². The highest BCUT2D eigenvalue weighted by molar-refractivity contribution is 7.71. The molecule has 0 fully saturated rings. The fourth-order valence-corrected chi connectivity index (χ4v) is 2.41. The zero-order valence-corrected chi connectivity index (χ0v) is 11.3. The van der Waals surface area contributed by atoms with Crippen molar-refractivity contribution in [3.05, 3.63) is 57.8 Å². The quantitative estimate of drug-likeness (QED) is 0.726. The van der Waals surface area contributed by atoms with Gasteiger partial charge in [0.15, 0.2) is 4.77 Å². The third-order valence-corrected chi connectivity index (χ3v) is 3.52. The van der Waals surface area contributed by atoms with Gasteiger partial charge in [0, 0.05) is 18.5 Å². The summed E-state index contributed by atoms with van der Waals surface area (Å²) in [6.07, 6.45) is 3.45. The first-order valence-electron chi connectivity index (χ1n) is 5.61. The van der Waals surface area contributed by atoms with Gasteiger partial charge in [0.05, 0.1) is 22.6 Å². The molecule has 0 radical (unpaired) electrons. The van der Waals surface area contributed by atoms with Gasteiger partial charge in [-0.05, 0) is 36.0 Å². The molecular formula is C13H9ClFN3S. The second kappa shape index (κ2) is 4.75. The van der Waals surface area contributed by atoms with Crippen molar-refractivity contribution in [3.63, 3.8) is 0 Å². The van der Waals surface area contributed by atoms with Gasteiger partial charge < -0.3 is 9.55 Å². The van der Waals surface area contributed by atoms with Gasteiger partial charge in [-0.15, -0.1) is 0 Å². The van der Waals surface area contributed by atoms with Crippen molar-refractivity contribution in [2.45, 2.75) is 6.54 Å². The minimum atomic E-state index is -0.457. The van der Waals surface area contributed by atoms with Crippen LogP contribution in [0, 0.1) is 10.6 Å². The summed E-state index contributed by atoms with van der Waals surface area (Å²) in [5.41, 5.74) is 2.49. The lowest BCUT2D eigenvalue weighted by molar-refractivity contribution is 0.629. The van der Waals surface area contributed by atoms with Crippen LogP contribution < -0.4 is 0 Å². The van der Waals surface area contributed by atoms with Crippen LogP contribution in [0.15, 0.2) is 36.7 Å². The molecule has 1 N–H and O–H groups in total. The fraction of sp³-hybridized carbons (Fsp3) is 0.0769. The summed E-state index contributed by atoms with van der Waals surface area (Å²) in [6.45, 7) is 0.587. The maximum absolute atomic E-state index is 13.4. The van der Waals surface area contributed by atoms with Crippen molar-refractivity contribution in [2.24, 2.45) is 0 Å². The van der Waals surface area contributed by atoms with Gasteiger partial charge in [-0.2, -0.15) is 0 Å². The fourth-order valence-electron chi connectivity index (χ4n) is 1.98. The molecule has 0 aliphatic heterocycles. The Morgan fingerprint density at radius 2 is 2.05 bits per heavy atom. The van der Waals surface area contributed by atoms with Gasteiger partial charge in [0.25, 0.3) is 0 Å². The second-order valence-corrected chi connectivity index (χ2v) is 4.95. The van der Waals surface area contributed by atoms with E-state index in [-0.39, 0.29) is 5.02 Å². The van der Waals surface area contributed by atoms with Gasteiger partial charge >= 0.3 is 0 Å². The van der Waals surface area contributed by atoms with Gasteiger partial charge in [-0.1, -0.05) is 11.6 Å². The summed E-state index contributed by atoms with van der Waals surface area (Å²) >= 11 is 11.1. The van der Waals surface area contributed by atoms with E-state index in [2.05, 4.69) is 9.97 Å². The van der Waals surface area contributed by atoms with Crippen molar-refractivity contribution in [2.75, 3.05) is 0 Å². The molecule has 0 atom stereocenters. The molecule has 96 valence electrons. The predicted octanol–water partition coefficient (Wildman–Crippen LogP) is 3.93. The largest absolute Gasteiger partial charge is 0.330 e. The van der Waals surface area contributed by atoms with Gasteiger partial charge in [-0.25, -0.2) is 4.39 Å². The van der Waals surface area contributed by atoms with E-state index in [0.717, 1.165) is 11.1 Å². The van der Waals surface area contributed by atoms with E-state index < -0.39 is 5.82 Å². The molecule has 2 heterocycles. The number of imidazole rings is 1. The maximum atomic E-state index is 13.4. The number of rotatable bonds is 2. The molecule has 3 aromatic rings. The SMILES string of the molecule is Fc1cc2[nH]c(=S)n(Cc3ccncc3)c2cc1Cl. The highest BCUT2D eigenvalue weighted by Gasteiger charge is 2.09. The predicted molar refractivity (Wildman–Crippen MR) is 75.4 cm³/mol. The topological polar surface area (TPSA) is 33.6 Å². The lowest BCUT2D eigenvalue weighted by Crippen LogP contribution is -1.99. The molecule has 3 rings (SSSR count). The minimum absolute atomic E-state index is 0.0879. The van der Waals surface area contributed by atoms with E-state index in [1.54, 1.807) is 18.5 Å². The summed E-state index contributed by atoms with van der Waals surface area (Å²) in [4.78, 5) is 6.95. The van der Waals surface area contributed by atoms with Crippen molar-refractivity contribution >= 4 is 34.9 Å². The van der Waals surface area contributed by atoms with Crippen LogP contribution >= 0.6 is 23.8 Å². The third kappa shape index (κ3) is 2.27. The molecule has 0 saturated heterocycles. The van der Waals surface area contributed by atoms with Crippen LogP contribution in [0.5, 0.6) is 0 Å². The van der Waals surface area contributed by atoms with E-state index >= 15 is 0 Å². The Kier molecular flexibility index (Phi) is 3.08. The molecule has 0 bridgehead atoms. The first-order chi connectivity index (χ1) is 9.15. The number of halogens is 2. The Balaban J connectivity index is 2.16. The van der Waals surface area contributed by atoms with E-state index in [0.29, 0.717) is 16.8 Å². The molecule has 3 nitrogen and oxygen atoms in total. The van der Waals surface area contributed by atoms with Crippen molar-refractivity contribution in [3.8, 4) is 0 Å². The number of aromatic amines is 1. The highest BCUT2D eigenvalue weighted by atomic mass is 35.5. The number of hydrogen-bond donors (Lipinski definition) is 1. The molecule has 19 heavy (non-hydrogen) atoms. The summed E-state index contributed by atoms with van der Waals surface area (Å²) < 4.78 is 15.8. The number of aromatic nitrogens is 3. The molecule has 1 aromatic carbocycles. The molecule has 0 unspecified atom stereocenters. The molecule has 0 spiro atoms. The van der Waals surface area contributed by atoms with Crippen LogP contribution in [0.4, 0.5) is 4.39 Å². The zero-order chi connectivity index (χ0) is 13.4. The number of fused-ring (bicyclic) bond motifs is 1. The highest BCUT2D eigenvalue weighted by Crippen LogP contribution is 2.23. The van der Waals surface area contributed by atoms with Crippen LogP contribution in [0.1, 0.15) is 5.56 Å². The molecule has 0 aliphatic carbocycles. The van der Waals surface area contributed by atoms with E-state index in [1.165, 1.54) is 6.07 Å².